The average molecular weight is 255 g/mol. The molecule has 1 aliphatic rings. The monoisotopic (exact) mass is 254 g/mol. The van der Waals surface area contributed by atoms with Crippen molar-refractivity contribution >= 4 is 11.6 Å². The van der Waals surface area contributed by atoms with Gasteiger partial charge in [0.25, 0.3) is 0 Å². The van der Waals surface area contributed by atoms with Crippen LogP contribution in [0.25, 0.3) is 0 Å². The van der Waals surface area contributed by atoms with Crippen molar-refractivity contribution < 1.29 is 5.11 Å². The molecule has 1 fully saturated rings. The summed E-state index contributed by atoms with van der Waals surface area (Å²) < 4.78 is 0. The first-order valence-corrected chi connectivity index (χ1v) is 6.49. The molecule has 0 aliphatic heterocycles. The predicted molar refractivity (Wildman–Crippen MR) is 68.9 cm³/mol. The number of aliphatic hydroxyl groups is 1. The smallest absolute Gasteiger partial charge is 0.0634 e. The Hall–Kier alpha value is -0.640. The van der Waals surface area contributed by atoms with Crippen LogP contribution in [-0.4, -0.2) is 34.7 Å². The molecule has 1 aliphatic carbocycles. The topological polar surface area (TPSA) is 36.4 Å². The van der Waals surface area contributed by atoms with E-state index in [0.29, 0.717) is 10.9 Å². The number of aliphatic hydroxyl groups excluding tert-OH is 1. The second kappa shape index (κ2) is 5.80. The molecule has 1 saturated carbocycles. The molecule has 0 aromatic carbocycles. The van der Waals surface area contributed by atoms with E-state index >= 15 is 0 Å². The van der Waals surface area contributed by atoms with Gasteiger partial charge in [0.05, 0.1) is 11.1 Å². The molecular formula is C13H19ClN2O. The molecular weight excluding hydrogens is 236 g/mol. The number of nitrogens with zero attached hydrogens (tertiary/aromatic N) is 2. The quantitative estimate of drug-likeness (QED) is 0.896. The number of hydrogen-bond donors (Lipinski definition) is 1. The zero-order valence-corrected chi connectivity index (χ0v) is 10.9. The lowest BCUT2D eigenvalue weighted by Gasteiger charge is -2.23. The van der Waals surface area contributed by atoms with Crippen LogP contribution < -0.4 is 0 Å². The minimum Gasteiger partial charge on any atom is -0.393 e. The second-order valence-corrected chi connectivity index (χ2v) is 5.33. The van der Waals surface area contributed by atoms with E-state index in [4.69, 9.17) is 11.6 Å². The molecule has 1 heterocycles. The van der Waals surface area contributed by atoms with Gasteiger partial charge in [0.1, 0.15) is 0 Å². The summed E-state index contributed by atoms with van der Waals surface area (Å²) >= 11 is 6.08. The second-order valence-electron chi connectivity index (χ2n) is 4.92. The fourth-order valence-electron chi connectivity index (χ4n) is 2.52. The van der Waals surface area contributed by atoms with E-state index in [0.717, 1.165) is 37.9 Å². The summed E-state index contributed by atoms with van der Waals surface area (Å²) in [6.07, 6.45) is 6.55. The highest BCUT2D eigenvalue weighted by Gasteiger charge is 2.26. The summed E-state index contributed by atoms with van der Waals surface area (Å²) in [6, 6.07) is 1.95. The summed E-state index contributed by atoms with van der Waals surface area (Å²) in [6.45, 7) is 1.74. The van der Waals surface area contributed by atoms with E-state index in [-0.39, 0.29) is 6.10 Å². The van der Waals surface area contributed by atoms with Crippen LogP contribution in [0, 0.1) is 5.92 Å². The Morgan fingerprint density at radius 2 is 2.35 bits per heavy atom. The molecule has 1 aromatic heterocycles. The van der Waals surface area contributed by atoms with Crippen LogP contribution in [0.15, 0.2) is 18.5 Å². The number of halogens is 1. The zero-order valence-electron chi connectivity index (χ0n) is 10.1. The summed E-state index contributed by atoms with van der Waals surface area (Å²) in [5.74, 6) is 0.417. The lowest BCUT2D eigenvalue weighted by molar-refractivity contribution is 0.108. The van der Waals surface area contributed by atoms with E-state index in [2.05, 4.69) is 16.9 Å². The van der Waals surface area contributed by atoms with Crippen LogP contribution in [-0.2, 0) is 6.54 Å². The Morgan fingerprint density at radius 1 is 1.53 bits per heavy atom. The van der Waals surface area contributed by atoms with Gasteiger partial charge >= 0.3 is 0 Å². The summed E-state index contributed by atoms with van der Waals surface area (Å²) in [5, 5.41) is 10.5. The zero-order chi connectivity index (χ0) is 12.3. The lowest BCUT2D eigenvalue weighted by Crippen LogP contribution is -2.29. The number of pyridine rings is 1. The van der Waals surface area contributed by atoms with Gasteiger partial charge in [-0.05, 0) is 37.4 Å². The van der Waals surface area contributed by atoms with Crippen LogP contribution in [0.2, 0.25) is 5.02 Å². The molecule has 17 heavy (non-hydrogen) atoms. The van der Waals surface area contributed by atoms with Crippen LogP contribution >= 0.6 is 11.6 Å². The van der Waals surface area contributed by atoms with Crippen LogP contribution in [0.5, 0.6) is 0 Å². The maximum atomic E-state index is 9.80. The van der Waals surface area contributed by atoms with Gasteiger partial charge in [0.2, 0.25) is 0 Å². The van der Waals surface area contributed by atoms with Crippen molar-refractivity contribution in [2.24, 2.45) is 5.92 Å². The van der Waals surface area contributed by atoms with E-state index < -0.39 is 0 Å². The first kappa shape index (κ1) is 12.8. The van der Waals surface area contributed by atoms with Gasteiger partial charge < -0.3 is 10.0 Å². The minimum atomic E-state index is -0.120. The van der Waals surface area contributed by atoms with Crippen molar-refractivity contribution in [1.29, 1.82) is 0 Å². The van der Waals surface area contributed by atoms with Gasteiger partial charge in [-0.2, -0.15) is 0 Å². The van der Waals surface area contributed by atoms with Crippen LogP contribution in [0.4, 0.5) is 0 Å². The third-order valence-electron chi connectivity index (χ3n) is 3.46. The van der Waals surface area contributed by atoms with E-state index in [1.54, 1.807) is 12.4 Å². The van der Waals surface area contributed by atoms with Gasteiger partial charge in [-0.15, -0.1) is 0 Å². The minimum absolute atomic E-state index is 0.120. The first-order chi connectivity index (χ1) is 8.16. The van der Waals surface area contributed by atoms with Gasteiger partial charge in [0, 0.05) is 25.5 Å². The Kier molecular flexibility index (Phi) is 4.37. The maximum Gasteiger partial charge on any atom is 0.0634 e. The molecule has 0 radical (unpaired) electrons. The normalized spacial score (nSPS) is 24.5. The molecule has 3 nitrogen and oxygen atoms in total. The summed E-state index contributed by atoms with van der Waals surface area (Å²) in [7, 11) is 2.07. The molecule has 2 rings (SSSR count). The molecule has 0 saturated heterocycles. The fourth-order valence-corrected chi connectivity index (χ4v) is 2.70. The Balaban J connectivity index is 1.89. The summed E-state index contributed by atoms with van der Waals surface area (Å²) in [4.78, 5) is 6.20. The predicted octanol–water partition coefficient (Wildman–Crippen LogP) is 2.33. The Bertz CT molecular complexity index is 372. The standard InChI is InChI=1S/C13H19ClN2O/c1-16(9-11-3-2-4-13(11)17)8-10-5-6-15-7-12(10)14/h5-7,11,13,17H,2-4,8-9H2,1H3. The van der Waals surface area contributed by atoms with Gasteiger partial charge in [-0.3, -0.25) is 4.98 Å². The molecule has 0 amide bonds. The fraction of sp³-hybridized carbons (Fsp3) is 0.615. The van der Waals surface area contributed by atoms with Crippen molar-refractivity contribution in [1.82, 2.24) is 9.88 Å². The molecule has 94 valence electrons. The molecule has 0 spiro atoms. The third kappa shape index (κ3) is 3.41. The number of aromatic nitrogens is 1. The molecule has 0 bridgehead atoms. The molecule has 2 atom stereocenters. The van der Waals surface area contributed by atoms with Gasteiger partial charge in [0.15, 0.2) is 0 Å². The van der Waals surface area contributed by atoms with Gasteiger partial charge in [-0.1, -0.05) is 18.0 Å². The van der Waals surface area contributed by atoms with E-state index in [1.165, 1.54) is 0 Å². The van der Waals surface area contributed by atoms with E-state index in [1.807, 2.05) is 6.07 Å². The largest absolute Gasteiger partial charge is 0.393 e. The third-order valence-corrected chi connectivity index (χ3v) is 3.80. The molecule has 2 unspecified atom stereocenters. The molecule has 4 heteroatoms. The van der Waals surface area contributed by atoms with Crippen molar-refractivity contribution in [3.8, 4) is 0 Å². The van der Waals surface area contributed by atoms with Crippen LogP contribution in [0.3, 0.4) is 0 Å². The highest BCUT2D eigenvalue weighted by Crippen LogP contribution is 2.26. The lowest BCUT2D eigenvalue weighted by atomic mass is 10.1. The van der Waals surface area contributed by atoms with Crippen LogP contribution in [0.1, 0.15) is 24.8 Å². The van der Waals surface area contributed by atoms with E-state index in [9.17, 15) is 5.11 Å². The van der Waals surface area contributed by atoms with Gasteiger partial charge in [-0.25, -0.2) is 0 Å². The van der Waals surface area contributed by atoms with Crippen molar-refractivity contribution in [2.75, 3.05) is 13.6 Å². The highest BCUT2D eigenvalue weighted by atomic mass is 35.5. The first-order valence-electron chi connectivity index (χ1n) is 6.12. The van der Waals surface area contributed by atoms with Crippen molar-refractivity contribution in [2.45, 2.75) is 31.9 Å². The number of hydrogen-bond acceptors (Lipinski definition) is 3. The number of rotatable bonds is 4. The summed E-state index contributed by atoms with van der Waals surface area (Å²) in [5.41, 5.74) is 1.09. The molecule has 1 N–H and O–H groups in total. The highest BCUT2D eigenvalue weighted by molar-refractivity contribution is 6.31. The van der Waals surface area contributed by atoms with Crippen molar-refractivity contribution in [3.63, 3.8) is 0 Å². The Labute approximate surface area is 107 Å². The molecule has 1 aromatic rings. The maximum absolute atomic E-state index is 9.80. The van der Waals surface area contributed by atoms with Crippen molar-refractivity contribution in [3.05, 3.63) is 29.0 Å². The SMILES string of the molecule is CN(Cc1ccncc1Cl)CC1CCCC1O. The average Bonchev–Trinajstić information content (AvgIpc) is 2.68. The Morgan fingerprint density at radius 3 is 3.00 bits per heavy atom.